The van der Waals surface area contributed by atoms with Crippen LogP contribution in [0.2, 0.25) is 0 Å². The van der Waals surface area contributed by atoms with Gasteiger partial charge in [0.25, 0.3) is 0 Å². The SMILES string of the molecule is Cc1ncn(-c2ccc(NC(=O)C3(N)CCCC3)cc2)c1C. The maximum absolute atomic E-state index is 12.3. The van der Waals surface area contributed by atoms with E-state index in [-0.39, 0.29) is 5.91 Å². The first-order valence-electron chi connectivity index (χ1n) is 7.71. The maximum atomic E-state index is 12.3. The van der Waals surface area contributed by atoms with Gasteiger partial charge in [-0.05, 0) is 51.0 Å². The topological polar surface area (TPSA) is 72.9 Å². The van der Waals surface area contributed by atoms with Crippen molar-refractivity contribution in [1.82, 2.24) is 9.55 Å². The molecule has 0 unspecified atom stereocenters. The van der Waals surface area contributed by atoms with E-state index in [1.807, 2.05) is 49.0 Å². The summed E-state index contributed by atoms with van der Waals surface area (Å²) in [5.74, 6) is -0.0765. The lowest BCUT2D eigenvalue weighted by Gasteiger charge is -2.22. The molecule has 1 aromatic carbocycles. The number of nitrogens with zero attached hydrogens (tertiary/aromatic N) is 2. The molecule has 1 amide bonds. The lowest BCUT2D eigenvalue weighted by atomic mass is 9.98. The largest absolute Gasteiger partial charge is 0.324 e. The molecule has 3 rings (SSSR count). The zero-order valence-corrected chi connectivity index (χ0v) is 13.1. The lowest BCUT2D eigenvalue weighted by molar-refractivity contribution is -0.121. The molecule has 2 aromatic rings. The van der Waals surface area contributed by atoms with Crippen LogP contribution >= 0.6 is 0 Å². The molecule has 1 aliphatic rings. The van der Waals surface area contributed by atoms with Crippen LogP contribution in [0.1, 0.15) is 37.1 Å². The molecular formula is C17H22N4O. The molecule has 5 heteroatoms. The number of amides is 1. The zero-order chi connectivity index (χ0) is 15.7. The molecule has 1 heterocycles. The molecule has 116 valence electrons. The first-order chi connectivity index (χ1) is 10.5. The van der Waals surface area contributed by atoms with Gasteiger partial charge in [0.05, 0.1) is 17.6 Å². The number of nitrogens with two attached hydrogens (primary N) is 1. The van der Waals surface area contributed by atoms with Gasteiger partial charge in [0.1, 0.15) is 0 Å². The number of carbonyl (C=O) groups is 1. The van der Waals surface area contributed by atoms with E-state index in [4.69, 9.17) is 5.73 Å². The second kappa shape index (κ2) is 5.57. The fraction of sp³-hybridized carbons (Fsp3) is 0.412. The molecule has 1 saturated carbocycles. The zero-order valence-electron chi connectivity index (χ0n) is 13.1. The van der Waals surface area contributed by atoms with E-state index < -0.39 is 5.54 Å². The predicted molar refractivity (Wildman–Crippen MR) is 87.1 cm³/mol. The van der Waals surface area contributed by atoms with Crippen LogP contribution in [-0.4, -0.2) is 21.0 Å². The molecule has 1 aromatic heterocycles. The standard InChI is InChI=1S/C17H22N4O/c1-12-13(2)21(11-19-12)15-7-5-14(6-8-15)20-16(22)17(18)9-3-4-10-17/h5-8,11H,3-4,9-10,18H2,1-2H3,(H,20,22). The summed E-state index contributed by atoms with van der Waals surface area (Å²) in [6.45, 7) is 4.03. The van der Waals surface area contributed by atoms with Crippen LogP contribution in [0.3, 0.4) is 0 Å². The number of aromatic nitrogens is 2. The molecule has 0 aliphatic heterocycles. The van der Waals surface area contributed by atoms with E-state index in [0.717, 1.165) is 48.4 Å². The van der Waals surface area contributed by atoms with Gasteiger partial charge in [-0.3, -0.25) is 4.79 Å². The third-order valence-electron chi connectivity index (χ3n) is 4.60. The van der Waals surface area contributed by atoms with Crippen LogP contribution in [0, 0.1) is 13.8 Å². The molecule has 0 atom stereocenters. The van der Waals surface area contributed by atoms with Crippen molar-refractivity contribution >= 4 is 11.6 Å². The number of hydrogen-bond donors (Lipinski definition) is 2. The third-order valence-corrected chi connectivity index (χ3v) is 4.60. The Morgan fingerprint density at radius 1 is 1.23 bits per heavy atom. The minimum atomic E-state index is -0.698. The van der Waals surface area contributed by atoms with Crippen LogP contribution in [-0.2, 0) is 4.79 Å². The van der Waals surface area contributed by atoms with Crippen LogP contribution in [0.15, 0.2) is 30.6 Å². The van der Waals surface area contributed by atoms with E-state index >= 15 is 0 Å². The van der Waals surface area contributed by atoms with E-state index in [1.54, 1.807) is 0 Å². The number of nitrogens with one attached hydrogen (secondary N) is 1. The highest BCUT2D eigenvalue weighted by molar-refractivity contribution is 5.98. The minimum Gasteiger partial charge on any atom is -0.324 e. The molecule has 1 fully saturated rings. The number of aryl methyl sites for hydroxylation is 1. The Kier molecular flexibility index (Phi) is 3.74. The Hall–Kier alpha value is -2.14. The van der Waals surface area contributed by atoms with Gasteiger partial charge in [0.2, 0.25) is 5.91 Å². The van der Waals surface area contributed by atoms with Gasteiger partial charge >= 0.3 is 0 Å². The van der Waals surface area contributed by atoms with Crippen molar-refractivity contribution < 1.29 is 4.79 Å². The second-order valence-electron chi connectivity index (χ2n) is 6.15. The number of rotatable bonds is 3. The summed E-state index contributed by atoms with van der Waals surface area (Å²) in [6, 6.07) is 7.75. The van der Waals surface area contributed by atoms with E-state index in [1.165, 1.54) is 0 Å². The average molecular weight is 298 g/mol. The Morgan fingerprint density at radius 2 is 1.86 bits per heavy atom. The summed E-state index contributed by atoms with van der Waals surface area (Å²) in [5, 5.41) is 2.93. The molecule has 22 heavy (non-hydrogen) atoms. The van der Waals surface area contributed by atoms with E-state index in [9.17, 15) is 4.79 Å². The van der Waals surface area contributed by atoms with Crippen molar-refractivity contribution in [3.05, 3.63) is 42.0 Å². The van der Waals surface area contributed by atoms with Gasteiger partial charge in [0.15, 0.2) is 0 Å². The normalized spacial score (nSPS) is 16.7. The highest BCUT2D eigenvalue weighted by Gasteiger charge is 2.36. The smallest absolute Gasteiger partial charge is 0.244 e. The Balaban J connectivity index is 1.74. The van der Waals surface area contributed by atoms with E-state index in [0.29, 0.717) is 0 Å². The van der Waals surface area contributed by atoms with Gasteiger partial charge in [-0.2, -0.15) is 0 Å². The monoisotopic (exact) mass is 298 g/mol. The summed E-state index contributed by atoms with van der Waals surface area (Å²) in [5.41, 5.74) is 9.41. The van der Waals surface area contributed by atoms with Crippen molar-refractivity contribution in [3.8, 4) is 5.69 Å². The highest BCUT2D eigenvalue weighted by Crippen LogP contribution is 2.28. The first-order valence-corrected chi connectivity index (χ1v) is 7.71. The van der Waals surface area contributed by atoms with Gasteiger partial charge in [-0.25, -0.2) is 4.98 Å². The summed E-state index contributed by atoms with van der Waals surface area (Å²) < 4.78 is 2.03. The Bertz CT molecular complexity index is 681. The first kappa shape index (κ1) is 14.8. The van der Waals surface area contributed by atoms with E-state index in [2.05, 4.69) is 10.3 Å². The summed E-state index contributed by atoms with van der Waals surface area (Å²) in [4.78, 5) is 16.6. The van der Waals surface area contributed by atoms with Gasteiger partial charge in [-0.1, -0.05) is 12.8 Å². The van der Waals surface area contributed by atoms with Crippen molar-refractivity contribution in [2.24, 2.45) is 5.73 Å². The van der Waals surface area contributed by atoms with Crippen LogP contribution < -0.4 is 11.1 Å². The minimum absolute atomic E-state index is 0.0765. The predicted octanol–water partition coefficient (Wildman–Crippen LogP) is 2.70. The Labute approximate surface area is 130 Å². The molecule has 1 aliphatic carbocycles. The van der Waals surface area contributed by atoms with Gasteiger partial charge < -0.3 is 15.6 Å². The highest BCUT2D eigenvalue weighted by atomic mass is 16.2. The maximum Gasteiger partial charge on any atom is 0.244 e. The summed E-state index contributed by atoms with van der Waals surface area (Å²) in [6.07, 6.45) is 5.41. The van der Waals surface area contributed by atoms with Crippen molar-refractivity contribution in [2.75, 3.05) is 5.32 Å². The number of hydrogen-bond acceptors (Lipinski definition) is 3. The number of anilines is 1. The average Bonchev–Trinajstić information content (AvgIpc) is 3.09. The Morgan fingerprint density at radius 3 is 2.41 bits per heavy atom. The van der Waals surface area contributed by atoms with Crippen LogP contribution in [0.4, 0.5) is 5.69 Å². The molecule has 0 bridgehead atoms. The third kappa shape index (κ3) is 2.64. The summed E-state index contributed by atoms with van der Waals surface area (Å²) in [7, 11) is 0. The molecule has 0 saturated heterocycles. The van der Waals surface area contributed by atoms with Crippen molar-refractivity contribution in [3.63, 3.8) is 0 Å². The van der Waals surface area contributed by atoms with Crippen molar-refractivity contribution in [1.29, 1.82) is 0 Å². The second-order valence-corrected chi connectivity index (χ2v) is 6.15. The molecule has 0 spiro atoms. The van der Waals surface area contributed by atoms with Crippen molar-refractivity contribution in [2.45, 2.75) is 45.1 Å². The van der Waals surface area contributed by atoms with Crippen LogP contribution in [0.5, 0.6) is 0 Å². The molecule has 0 radical (unpaired) electrons. The molecule has 3 N–H and O–H groups in total. The fourth-order valence-electron chi connectivity index (χ4n) is 2.95. The van der Waals surface area contributed by atoms with Gasteiger partial charge in [-0.15, -0.1) is 0 Å². The van der Waals surface area contributed by atoms with Crippen LogP contribution in [0.25, 0.3) is 5.69 Å². The fourth-order valence-corrected chi connectivity index (χ4v) is 2.95. The summed E-state index contributed by atoms with van der Waals surface area (Å²) >= 11 is 0. The number of benzene rings is 1. The quantitative estimate of drug-likeness (QED) is 0.915. The molecule has 5 nitrogen and oxygen atoms in total. The van der Waals surface area contributed by atoms with Gasteiger partial charge in [0, 0.05) is 17.1 Å². The molecular weight excluding hydrogens is 276 g/mol. The lowest BCUT2D eigenvalue weighted by Crippen LogP contribution is -2.48. The number of imidazole rings is 1. The number of carbonyl (C=O) groups excluding carboxylic acids is 1.